The number of aryl methyl sites for hydroxylation is 1. The molecule has 0 aliphatic heterocycles. The molecule has 1 unspecified atom stereocenters. The zero-order valence-corrected chi connectivity index (χ0v) is 10.0. The second-order valence-electron chi connectivity index (χ2n) is 4.28. The smallest absolute Gasteiger partial charge is 0.0452 e. The van der Waals surface area contributed by atoms with Gasteiger partial charge in [0.2, 0.25) is 0 Å². The fourth-order valence-electron chi connectivity index (χ4n) is 1.36. The van der Waals surface area contributed by atoms with E-state index in [1.807, 2.05) is 13.8 Å². The molecule has 1 rings (SSSR count). The van der Waals surface area contributed by atoms with Crippen LogP contribution in [-0.2, 0) is 6.42 Å². The summed E-state index contributed by atoms with van der Waals surface area (Å²) in [5.41, 5.74) is 6.85. The van der Waals surface area contributed by atoms with Crippen molar-refractivity contribution in [2.24, 2.45) is 5.10 Å². The lowest BCUT2D eigenvalue weighted by Gasteiger charge is -2.11. The largest absolute Gasteiger partial charge is 0.307 e. The second-order valence-corrected chi connectivity index (χ2v) is 4.28. The van der Waals surface area contributed by atoms with E-state index >= 15 is 0 Å². The van der Waals surface area contributed by atoms with Gasteiger partial charge < -0.3 is 5.43 Å². The molecule has 0 aliphatic carbocycles. The van der Waals surface area contributed by atoms with Gasteiger partial charge in [-0.2, -0.15) is 5.10 Å². The van der Waals surface area contributed by atoms with Crippen molar-refractivity contribution < 1.29 is 0 Å². The number of rotatable bonds is 4. The number of hydrazone groups is 1. The topological polar surface area (TPSA) is 24.4 Å². The minimum atomic E-state index is 0.377. The molecule has 0 amide bonds. The molecule has 82 valence electrons. The van der Waals surface area contributed by atoms with Gasteiger partial charge in [-0.3, -0.25) is 0 Å². The molecule has 0 saturated carbocycles. The summed E-state index contributed by atoms with van der Waals surface area (Å²) in [6, 6.07) is 9.03. The van der Waals surface area contributed by atoms with E-state index in [9.17, 15) is 0 Å². The van der Waals surface area contributed by atoms with Crippen LogP contribution in [0.1, 0.15) is 31.9 Å². The van der Waals surface area contributed by atoms with Gasteiger partial charge in [0.15, 0.2) is 0 Å². The van der Waals surface area contributed by atoms with E-state index < -0.39 is 0 Å². The molecule has 0 radical (unpaired) electrons. The lowest BCUT2D eigenvalue weighted by Crippen LogP contribution is -2.23. The Morgan fingerprint density at radius 1 is 1.27 bits per heavy atom. The lowest BCUT2D eigenvalue weighted by atomic mass is 10.1. The number of nitrogens with zero attached hydrogens (tertiary/aromatic N) is 1. The van der Waals surface area contributed by atoms with Gasteiger partial charge >= 0.3 is 0 Å². The van der Waals surface area contributed by atoms with Crippen molar-refractivity contribution in [1.82, 2.24) is 5.43 Å². The monoisotopic (exact) mass is 204 g/mol. The van der Waals surface area contributed by atoms with Crippen molar-refractivity contribution in [3.63, 3.8) is 0 Å². The molecule has 0 saturated heterocycles. The third kappa shape index (κ3) is 4.63. The van der Waals surface area contributed by atoms with Gasteiger partial charge in [0.25, 0.3) is 0 Å². The first-order chi connectivity index (χ1) is 7.08. The maximum atomic E-state index is 4.20. The molecule has 1 atom stereocenters. The minimum absolute atomic E-state index is 0.377. The Hall–Kier alpha value is -1.31. The summed E-state index contributed by atoms with van der Waals surface area (Å²) in [7, 11) is 0. The molecule has 0 fully saturated rings. The average molecular weight is 204 g/mol. The van der Waals surface area contributed by atoms with Crippen LogP contribution < -0.4 is 5.43 Å². The fourth-order valence-corrected chi connectivity index (χ4v) is 1.36. The number of benzene rings is 1. The minimum Gasteiger partial charge on any atom is -0.307 e. The van der Waals surface area contributed by atoms with Crippen LogP contribution >= 0.6 is 0 Å². The summed E-state index contributed by atoms with van der Waals surface area (Å²) in [6.45, 7) is 8.24. The van der Waals surface area contributed by atoms with Crippen LogP contribution in [0.15, 0.2) is 29.4 Å². The molecular weight excluding hydrogens is 184 g/mol. The SMILES string of the molecule is CC(C)=NNC(C)Cc1ccc(C)cc1. The first-order valence-electron chi connectivity index (χ1n) is 5.40. The Balaban J connectivity index is 2.47. The van der Waals surface area contributed by atoms with Gasteiger partial charge in [0, 0.05) is 11.8 Å². The third-order valence-electron chi connectivity index (χ3n) is 2.17. The molecule has 2 heteroatoms. The maximum absolute atomic E-state index is 4.20. The highest BCUT2D eigenvalue weighted by Crippen LogP contribution is 2.05. The van der Waals surface area contributed by atoms with E-state index in [0.717, 1.165) is 12.1 Å². The van der Waals surface area contributed by atoms with Gasteiger partial charge in [-0.1, -0.05) is 29.8 Å². The van der Waals surface area contributed by atoms with E-state index in [1.165, 1.54) is 11.1 Å². The molecule has 0 heterocycles. The fraction of sp³-hybridized carbons (Fsp3) is 0.462. The average Bonchev–Trinajstić information content (AvgIpc) is 2.19. The standard InChI is InChI=1S/C13H20N2/c1-10(2)14-15-12(4)9-13-7-5-11(3)6-8-13/h5-8,12,15H,9H2,1-4H3. The molecular formula is C13H20N2. The number of nitrogens with one attached hydrogen (secondary N) is 1. The van der Waals surface area contributed by atoms with E-state index in [1.54, 1.807) is 0 Å². The summed E-state index contributed by atoms with van der Waals surface area (Å²) in [5.74, 6) is 0. The van der Waals surface area contributed by atoms with Gasteiger partial charge in [-0.15, -0.1) is 0 Å². The van der Waals surface area contributed by atoms with Gasteiger partial charge in [0.05, 0.1) is 0 Å². The van der Waals surface area contributed by atoms with Gasteiger partial charge in [-0.25, -0.2) is 0 Å². The van der Waals surface area contributed by atoms with Crippen molar-refractivity contribution in [2.75, 3.05) is 0 Å². The van der Waals surface area contributed by atoms with Crippen LogP contribution in [0, 0.1) is 6.92 Å². The second kappa shape index (κ2) is 5.54. The van der Waals surface area contributed by atoms with Crippen molar-refractivity contribution in [3.05, 3.63) is 35.4 Å². The highest BCUT2D eigenvalue weighted by atomic mass is 15.3. The summed E-state index contributed by atoms with van der Waals surface area (Å²) in [6.07, 6.45) is 1.01. The summed E-state index contributed by atoms with van der Waals surface area (Å²) in [5, 5.41) is 4.20. The van der Waals surface area contributed by atoms with Crippen LogP contribution in [0.2, 0.25) is 0 Å². The zero-order chi connectivity index (χ0) is 11.3. The van der Waals surface area contributed by atoms with Crippen LogP contribution in [-0.4, -0.2) is 11.8 Å². The summed E-state index contributed by atoms with van der Waals surface area (Å²) >= 11 is 0. The van der Waals surface area contributed by atoms with Gasteiger partial charge in [-0.05, 0) is 39.7 Å². The molecule has 15 heavy (non-hydrogen) atoms. The quantitative estimate of drug-likeness (QED) is 0.592. The first kappa shape index (κ1) is 11.8. The Labute approximate surface area is 92.4 Å². The Morgan fingerprint density at radius 2 is 1.87 bits per heavy atom. The van der Waals surface area contributed by atoms with E-state index in [4.69, 9.17) is 0 Å². The third-order valence-corrected chi connectivity index (χ3v) is 2.17. The maximum Gasteiger partial charge on any atom is 0.0452 e. The summed E-state index contributed by atoms with van der Waals surface area (Å²) < 4.78 is 0. The Bertz CT molecular complexity index is 321. The highest BCUT2D eigenvalue weighted by Gasteiger charge is 2.01. The first-order valence-corrected chi connectivity index (χ1v) is 5.40. The van der Waals surface area contributed by atoms with Gasteiger partial charge in [0.1, 0.15) is 0 Å². The lowest BCUT2D eigenvalue weighted by molar-refractivity contribution is 0.570. The molecule has 0 spiro atoms. The predicted octanol–water partition coefficient (Wildman–Crippen LogP) is 2.91. The molecule has 0 bridgehead atoms. The van der Waals surface area contributed by atoms with E-state index in [2.05, 4.69) is 48.6 Å². The Morgan fingerprint density at radius 3 is 2.40 bits per heavy atom. The predicted molar refractivity (Wildman–Crippen MR) is 66.3 cm³/mol. The van der Waals surface area contributed by atoms with E-state index in [-0.39, 0.29) is 0 Å². The normalized spacial score (nSPS) is 12.0. The molecule has 1 N–H and O–H groups in total. The van der Waals surface area contributed by atoms with Crippen molar-refractivity contribution in [2.45, 2.75) is 40.2 Å². The van der Waals surface area contributed by atoms with Crippen molar-refractivity contribution in [1.29, 1.82) is 0 Å². The van der Waals surface area contributed by atoms with Crippen LogP contribution in [0.5, 0.6) is 0 Å². The number of hydrogen-bond donors (Lipinski definition) is 1. The van der Waals surface area contributed by atoms with E-state index in [0.29, 0.717) is 6.04 Å². The van der Waals surface area contributed by atoms with Crippen molar-refractivity contribution >= 4 is 5.71 Å². The molecule has 0 aliphatic rings. The Kier molecular flexibility index (Phi) is 4.35. The van der Waals surface area contributed by atoms with Crippen LogP contribution in [0.4, 0.5) is 0 Å². The zero-order valence-electron chi connectivity index (χ0n) is 10.0. The summed E-state index contributed by atoms with van der Waals surface area (Å²) in [4.78, 5) is 0. The highest BCUT2D eigenvalue weighted by molar-refractivity contribution is 5.78. The van der Waals surface area contributed by atoms with Crippen LogP contribution in [0.25, 0.3) is 0 Å². The van der Waals surface area contributed by atoms with Crippen LogP contribution in [0.3, 0.4) is 0 Å². The molecule has 2 nitrogen and oxygen atoms in total. The molecule has 1 aromatic rings. The number of hydrogen-bond acceptors (Lipinski definition) is 2. The van der Waals surface area contributed by atoms with Crippen molar-refractivity contribution in [3.8, 4) is 0 Å². The molecule has 1 aromatic carbocycles. The molecule has 0 aromatic heterocycles.